The zero-order valence-corrected chi connectivity index (χ0v) is 10.9. The van der Waals surface area contributed by atoms with Gasteiger partial charge in [-0.1, -0.05) is 0 Å². The summed E-state index contributed by atoms with van der Waals surface area (Å²) in [6.07, 6.45) is 2.17. The summed E-state index contributed by atoms with van der Waals surface area (Å²) >= 11 is 0. The van der Waals surface area contributed by atoms with Crippen molar-refractivity contribution >= 4 is 6.03 Å². The van der Waals surface area contributed by atoms with Crippen molar-refractivity contribution in [2.24, 2.45) is 0 Å². The van der Waals surface area contributed by atoms with Crippen LogP contribution in [0, 0.1) is 0 Å². The average Bonchev–Trinajstić information content (AvgIpc) is 2.39. The summed E-state index contributed by atoms with van der Waals surface area (Å²) in [4.78, 5) is 18.4. The molecule has 2 rings (SSSR count). The lowest BCUT2D eigenvalue weighted by atomic mass is 10.0. The molecule has 0 bridgehead atoms. The Morgan fingerprint density at radius 2 is 1.59 bits per heavy atom. The molecule has 17 heavy (non-hydrogen) atoms. The van der Waals surface area contributed by atoms with E-state index in [4.69, 9.17) is 4.74 Å². The second kappa shape index (κ2) is 5.69. The van der Waals surface area contributed by atoms with Crippen LogP contribution in [0.15, 0.2) is 0 Å². The monoisotopic (exact) mass is 241 g/mol. The summed E-state index contributed by atoms with van der Waals surface area (Å²) in [7, 11) is 4.23. The van der Waals surface area contributed by atoms with Crippen LogP contribution in [0.3, 0.4) is 0 Å². The molecule has 0 aromatic carbocycles. The molecular formula is C12H23N3O2. The molecule has 2 heterocycles. The summed E-state index contributed by atoms with van der Waals surface area (Å²) in [5.74, 6) is 0. The number of urea groups is 1. The van der Waals surface area contributed by atoms with Crippen LogP contribution in [-0.4, -0.2) is 80.3 Å². The molecule has 0 aromatic rings. The second-order valence-corrected chi connectivity index (χ2v) is 5.06. The Hall–Kier alpha value is -0.810. The van der Waals surface area contributed by atoms with Gasteiger partial charge in [0.25, 0.3) is 0 Å². The van der Waals surface area contributed by atoms with Crippen molar-refractivity contribution in [1.82, 2.24) is 14.7 Å². The van der Waals surface area contributed by atoms with Crippen LogP contribution in [0.4, 0.5) is 4.79 Å². The highest BCUT2D eigenvalue weighted by atomic mass is 16.5. The fourth-order valence-corrected chi connectivity index (χ4v) is 2.53. The number of ether oxygens (including phenoxy) is 1. The molecule has 98 valence electrons. The largest absolute Gasteiger partial charge is 0.378 e. The molecule has 2 amide bonds. The van der Waals surface area contributed by atoms with Crippen LogP contribution < -0.4 is 0 Å². The van der Waals surface area contributed by atoms with Crippen LogP contribution in [0.2, 0.25) is 0 Å². The molecular weight excluding hydrogens is 218 g/mol. The van der Waals surface area contributed by atoms with Crippen molar-refractivity contribution in [3.8, 4) is 0 Å². The molecule has 2 aliphatic rings. The van der Waals surface area contributed by atoms with E-state index in [0.717, 1.165) is 39.0 Å². The number of hydrogen-bond acceptors (Lipinski definition) is 3. The van der Waals surface area contributed by atoms with E-state index in [0.29, 0.717) is 19.3 Å². The van der Waals surface area contributed by atoms with Gasteiger partial charge in [0.15, 0.2) is 0 Å². The maximum Gasteiger partial charge on any atom is 0.320 e. The minimum atomic E-state index is 0.200. The number of hydrogen-bond donors (Lipinski definition) is 0. The summed E-state index contributed by atoms with van der Waals surface area (Å²) in [6, 6.07) is 0.828. The fraction of sp³-hybridized carbons (Fsp3) is 0.917. The number of nitrogens with zero attached hydrogens (tertiary/aromatic N) is 3. The van der Waals surface area contributed by atoms with E-state index < -0.39 is 0 Å². The maximum atomic E-state index is 12.2. The van der Waals surface area contributed by atoms with Gasteiger partial charge in [-0.15, -0.1) is 0 Å². The van der Waals surface area contributed by atoms with Crippen LogP contribution in [0.25, 0.3) is 0 Å². The zero-order valence-electron chi connectivity index (χ0n) is 10.9. The lowest BCUT2D eigenvalue weighted by molar-refractivity contribution is 0.0390. The SMILES string of the molecule is CN(C)C1CCN(C(=O)N2CCOCC2)CC1. The highest BCUT2D eigenvalue weighted by Crippen LogP contribution is 2.16. The smallest absolute Gasteiger partial charge is 0.320 e. The van der Waals surface area contributed by atoms with Crippen LogP contribution >= 0.6 is 0 Å². The van der Waals surface area contributed by atoms with Gasteiger partial charge in [0, 0.05) is 32.2 Å². The highest BCUT2D eigenvalue weighted by Gasteiger charge is 2.27. The fourth-order valence-electron chi connectivity index (χ4n) is 2.53. The van der Waals surface area contributed by atoms with Gasteiger partial charge in [0.05, 0.1) is 13.2 Å². The number of amides is 2. The molecule has 2 aliphatic heterocycles. The van der Waals surface area contributed by atoms with Gasteiger partial charge in [-0.3, -0.25) is 0 Å². The number of carbonyl (C=O) groups excluding carboxylic acids is 1. The van der Waals surface area contributed by atoms with Crippen molar-refractivity contribution < 1.29 is 9.53 Å². The van der Waals surface area contributed by atoms with E-state index in [2.05, 4.69) is 19.0 Å². The van der Waals surface area contributed by atoms with Gasteiger partial charge < -0.3 is 19.4 Å². The minimum Gasteiger partial charge on any atom is -0.378 e. The van der Waals surface area contributed by atoms with Gasteiger partial charge >= 0.3 is 6.03 Å². The molecule has 0 N–H and O–H groups in total. The Labute approximate surface area is 103 Å². The molecule has 2 fully saturated rings. The van der Waals surface area contributed by atoms with Gasteiger partial charge in [0.1, 0.15) is 0 Å². The van der Waals surface area contributed by atoms with Crippen molar-refractivity contribution in [1.29, 1.82) is 0 Å². The van der Waals surface area contributed by atoms with Crippen molar-refractivity contribution in [3.63, 3.8) is 0 Å². The lowest BCUT2D eigenvalue weighted by Gasteiger charge is -2.38. The van der Waals surface area contributed by atoms with E-state index in [1.54, 1.807) is 0 Å². The van der Waals surface area contributed by atoms with E-state index in [9.17, 15) is 4.79 Å². The third-order valence-corrected chi connectivity index (χ3v) is 3.75. The molecule has 0 atom stereocenters. The first-order chi connectivity index (χ1) is 8.18. The first-order valence-electron chi connectivity index (χ1n) is 6.46. The summed E-state index contributed by atoms with van der Waals surface area (Å²) in [5, 5.41) is 0. The number of piperidine rings is 1. The number of rotatable bonds is 1. The predicted octanol–water partition coefficient (Wildman–Crippen LogP) is 0.465. The van der Waals surface area contributed by atoms with Crippen molar-refractivity contribution in [2.45, 2.75) is 18.9 Å². The Bertz CT molecular complexity index is 256. The highest BCUT2D eigenvalue weighted by molar-refractivity contribution is 5.74. The summed E-state index contributed by atoms with van der Waals surface area (Å²) < 4.78 is 5.27. The molecule has 0 aromatic heterocycles. The standard InChI is InChI=1S/C12H23N3O2/c1-13(2)11-3-5-14(6-4-11)12(16)15-7-9-17-10-8-15/h11H,3-10H2,1-2H3. The van der Waals surface area contributed by atoms with E-state index in [-0.39, 0.29) is 6.03 Å². The quantitative estimate of drug-likeness (QED) is 0.669. The molecule has 0 saturated carbocycles. The normalized spacial score (nSPS) is 23.2. The average molecular weight is 241 g/mol. The predicted molar refractivity (Wildman–Crippen MR) is 66.1 cm³/mol. The molecule has 5 heteroatoms. The lowest BCUT2D eigenvalue weighted by Crippen LogP contribution is -2.52. The van der Waals surface area contributed by atoms with E-state index >= 15 is 0 Å². The topological polar surface area (TPSA) is 36.0 Å². The Morgan fingerprint density at radius 3 is 2.12 bits per heavy atom. The number of carbonyl (C=O) groups is 1. The van der Waals surface area contributed by atoms with E-state index in [1.807, 2.05) is 9.80 Å². The van der Waals surface area contributed by atoms with Crippen molar-refractivity contribution in [2.75, 3.05) is 53.5 Å². The Kier molecular flexibility index (Phi) is 4.23. The molecule has 5 nitrogen and oxygen atoms in total. The zero-order chi connectivity index (χ0) is 12.3. The van der Waals surface area contributed by atoms with Gasteiger partial charge in [-0.2, -0.15) is 0 Å². The Balaban J connectivity index is 1.81. The molecule has 0 radical (unpaired) electrons. The minimum absolute atomic E-state index is 0.200. The van der Waals surface area contributed by atoms with E-state index in [1.165, 1.54) is 0 Å². The number of likely N-dealkylation sites (tertiary alicyclic amines) is 1. The third kappa shape index (κ3) is 3.10. The third-order valence-electron chi connectivity index (χ3n) is 3.75. The molecule has 0 unspecified atom stereocenters. The number of morpholine rings is 1. The molecule has 0 spiro atoms. The second-order valence-electron chi connectivity index (χ2n) is 5.06. The first kappa shape index (κ1) is 12.6. The van der Waals surface area contributed by atoms with Gasteiger partial charge in [-0.05, 0) is 26.9 Å². The van der Waals surface area contributed by atoms with Crippen LogP contribution in [0.5, 0.6) is 0 Å². The van der Waals surface area contributed by atoms with Gasteiger partial charge in [0.2, 0.25) is 0 Å². The van der Waals surface area contributed by atoms with Crippen LogP contribution in [-0.2, 0) is 4.74 Å². The maximum absolute atomic E-state index is 12.2. The summed E-state index contributed by atoms with van der Waals surface area (Å²) in [6.45, 7) is 4.62. The Morgan fingerprint density at radius 1 is 1.06 bits per heavy atom. The first-order valence-corrected chi connectivity index (χ1v) is 6.46. The molecule has 0 aliphatic carbocycles. The van der Waals surface area contributed by atoms with Crippen LogP contribution in [0.1, 0.15) is 12.8 Å². The van der Waals surface area contributed by atoms with Crippen molar-refractivity contribution in [3.05, 3.63) is 0 Å². The summed E-state index contributed by atoms with van der Waals surface area (Å²) in [5.41, 5.74) is 0. The van der Waals surface area contributed by atoms with Gasteiger partial charge in [-0.25, -0.2) is 4.79 Å². The molecule has 2 saturated heterocycles.